The van der Waals surface area contributed by atoms with Crippen molar-refractivity contribution < 1.29 is 18.7 Å². The third kappa shape index (κ3) is 4.36. The van der Waals surface area contributed by atoms with Gasteiger partial charge >= 0.3 is 0 Å². The summed E-state index contributed by atoms with van der Waals surface area (Å²) in [6.45, 7) is 4.26. The van der Waals surface area contributed by atoms with Crippen LogP contribution in [-0.2, 0) is 4.79 Å². The number of carbonyl (C=O) groups is 1. The number of halogens is 3. The van der Waals surface area contributed by atoms with Gasteiger partial charge < -0.3 is 19.7 Å². The van der Waals surface area contributed by atoms with Crippen molar-refractivity contribution in [3.05, 3.63) is 59.1 Å². The summed E-state index contributed by atoms with van der Waals surface area (Å²) in [4.78, 5) is 22.7. The van der Waals surface area contributed by atoms with Crippen LogP contribution in [0.1, 0.15) is 19.3 Å². The van der Waals surface area contributed by atoms with Gasteiger partial charge in [0.25, 0.3) is 0 Å². The smallest absolute Gasteiger partial charge is 0.246 e. The van der Waals surface area contributed by atoms with Gasteiger partial charge in [-0.1, -0.05) is 29.8 Å². The number of aromatic nitrogens is 2. The predicted octanol–water partition coefficient (Wildman–Crippen LogP) is 5.77. The highest BCUT2D eigenvalue weighted by Gasteiger charge is 2.43. The molecule has 0 radical (unpaired) electrons. The van der Waals surface area contributed by atoms with Crippen LogP contribution in [0.3, 0.4) is 0 Å². The maximum atomic E-state index is 14.7. The van der Waals surface area contributed by atoms with Crippen molar-refractivity contribution in [2.24, 2.45) is 5.92 Å². The van der Waals surface area contributed by atoms with Crippen molar-refractivity contribution in [1.29, 1.82) is 0 Å². The normalized spacial score (nSPS) is 21.1. The second kappa shape index (κ2) is 9.51. The molecule has 3 aromatic rings. The molecule has 0 unspecified atom stereocenters. The van der Waals surface area contributed by atoms with Gasteiger partial charge in [0.15, 0.2) is 17.3 Å². The molecule has 1 saturated carbocycles. The number of nitrogens with one attached hydrogen (secondary N) is 1. The Hall–Kier alpha value is -3.10. The summed E-state index contributed by atoms with van der Waals surface area (Å²) in [6.07, 6.45) is 5.35. The van der Waals surface area contributed by atoms with Crippen LogP contribution in [0.25, 0.3) is 10.9 Å². The number of rotatable bonds is 6. The second-order valence-corrected chi connectivity index (χ2v) is 9.45. The Bertz CT molecular complexity index is 1320. The first-order valence-electron chi connectivity index (χ1n) is 11.2. The lowest BCUT2D eigenvalue weighted by Crippen LogP contribution is -2.57. The Labute approximate surface area is 211 Å². The average Bonchev–Trinajstić information content (AvgIpc) is 2.88. The van der Waals surface area contributed by atoms with Gasteiger partial charge in [-0.05, 0) is 37.1 Å². The molecule has 0 spiro atoms. The first-order chi connectivity index (χ1) is 16.9. The van der Waals surface area contributed by atoms with Crippen molar-refractivity contribution in [2.45, 2.75) is 31.4 Å². The second-order valence-electron chi connectivity index (χ2n) is 8.67. The number of anilines is 2. The number of carbonyl (C=O) groups excluding carboxylic acids is 1. The molecular weight excluding hydrogens is 494 g/mol. The minimum Gasteiger partial charge on any atom is -0.493 e. The standard InChI is InChI=1S/C25H23Cl2FN4O3/c1-3-22(33)32-11-13-4-5-14(32)8-19(13)35-21-9-15-18(10-20(21)34-2)29-12-30-25(15)31-17-7-6-16(26)23(27)24(17)28/h3,6-7,9-10,12-14,19H,1,4-5,8,11H2,2H3,(H,29,30,31)/t13-,14-,19+/m0/s1. The summed E-state index contributed by atoms with van der Waals surface area (Å²) in [5.41, 5.74) is 0.731. The van der Waals surface area contributed by atoms with E-state index in [-0.39, 0.29) is 39.7 Å². The summed E-state index contributed by atoms with van der Waals surface area (Å²) in [5, 5.41) is 3.56. The molecule has 6 rings (SSSR count). The molecule has 10 heteroatoms. The van der Waals surface area contributed by atoms with Crippen LogP contribution in [0.15, 0.2) is 43.2 Å². The molecule has 1 N–H and O–H groups in total. The van der Waals surface area contributed by atoms with E-state index in [9.17, 15) is 9.18 Å². The van der Waals surface area contributed by atoms with Crippen LogP contribution in [0, 0.1) is 11.7 Å². The number of ether oxygens (including phenoxy) is 2. The molecule has 3 heterocycles. The van der Waals surface area contributed by atoms with Crippen LogP contribution < -0.4 is 14.8 Å². The summed E-state index contributed by atoms with van der Waals surface area (Å²) in [6, 6.07) is 6.68. The Kier molecular flexibility index (Phi) is 6.42. The van der Waals surface area contributed by atoms with Crippen molar-refractivity contribution in [2.75, 3.05) is 19.0 Å². The van der Waals surface area contributed by atoms with Gasteiger partial charge in [-0.25, -0.2) is 14.4 Å². The van der Waals surface area contributed by atoms with Crippen molar-refractivity contribution in [3.8, 4) is 11.5 Å². The molecule has 7 nitrogen and oxygen atoms in total. The van der Waals surface area contributed by atoms with Crippen LogP contribution >= 0.6 is 23.2 Å². The lowest BCUT2D eigenvalue weighted by Gasteiger charge is -2.48. The molecule has 1 amide bonds. The molecule has 2 aliphatic heterocycles. The van der Waals surface area contributed by atoms with E-state index in [0.29, 0.717) is 34.8 Å². The van der Waals surface area contributed by atoms with E-state index >= 15 is 0 Å². The number of hydrogen-bond acceptors (Lipinski definition) is 6. The topological polar surface area (TPSA) is 76.6 Å². The maximum Gasteiger partial charge on any atom is 0.246 e. The average molecular weight is 517 g/mol. The summed E-state index contributed by atoms with van der Waals surface area (Å²) in [7, 11) is 1.57. The fourth-order valence-electron chi connectivity index (χ4n) is 4.92. The van der Waals surface area contributed by atoms with Gasteiger partial charge in [0.1, 0.15) is 18.2 Å². The summed E-state index contributed by atoms with van der Waals surface area (Å²) >= 11 is 11.9. The zero-order valence-corrected chi connectivity index (χ0v) is 20.4. The quantitative estimate of drug-likeness (QED) is 0.331. The lowest BCUT2D eigenvalue weighted by molar-refractivity contribution is -0.137. The minimum atomic E-state index is -0.673. The van der Waals surface area contributed by atoms with Gasteiger partial charge in [0.2, 0.25) is 5.91 Å². The molecular formula is C25H23Cl2FN4O3. The first kappa shape index (κ1) is 23.6. The van der Waals surface area contributed by atoms with Crippen molar-refractivity contribution in [3.63, 3.8) is 0 Å². The van der Waals surface area contributed by atoms with Gasteiger partial charge in [0, 0.05) is 36.4 Å². The summed E-state index contributed by atoms with van der Waals surface area (Å²) in [5.74, 6) is 0.943. The van der Waals surface area contributed by atoms with Crippen molar-refractivity contribution >= 4 is 51.5 Å². The third-order valence-corrected chi connectivity index (χ3v) is 7.50. The number of hydrogen-bond donors (Lipinski definition) is 1. The van der Waals surface area contributed by atoms with E-state index in [2.05, 4.69) is 21.9 Å². The highest BCUT2D eigenvalue weighted by molar-refractivity contribution is 6.42. The molecule has 1 aliphatic carbocycles. The number of amides is 1. The van der Waals surface area contributed by atoms with Crippen LogP contribution in [0.4, 0.5) is 15.9 Å². The molecule has 2 aromatic carbocycles. The SMILES string of the molecule is C=CC(=O)N1C[C@@H]2CC[C@H]1C[C@H]2Oc1cc2c(Nc3ccc(Cl)c(Cl)c3F)ncnc2cc1OC. The molecule has 182 valence electrons. The Morgan fingerprint density at radius 2 is 2.09 bits per heavy atom. The molecule has 2 bridgehead atoms. The molecule has 3 fully saturated rings. The number of piperidine rings is 2. The highest BCUT2D eigenvalue weighted by Crippen LogP contribution is 2.41. The molecule has 1 aromatic heterocycles. The molecule has 3 aliphatic rings. The molecule has 35 heavy (non-hydrogen) atoms. The minimum absolute atomic E-state index is 0.0381. The zero-order chi connectivity index (χ0) is 24.7. The molecule has 3 atom stereocenters. The fraction of sp³-hybridized carbons (Fsp3) is 0.320. The fourth-order valence-corrected chi connectivity index (χ4v) is 5.24. The Morgan fingerprint density at radius 3 is 2.80 bits per heavy atom. The lowest BCUT2D eigenvalue weighted by atomic mass is 9.77. The number of fused-ring (bicyclic) bond motifs is 4. The van der Waals surface area contributed by atoms with E-state index in [0.717, 1.165) is 19.3 Å². The van der Waals surface area contributed by atoms with Gasteiger partial charge in [-0.15, -0.1) is 0 Å². The zero-order valence-electron chi connectivity index (χ0n) is 18.9. The van der Waals surface area contributed by atoms with Crippen LogP contribution in [0.2, 0.25) is 10.0 Å². The molecule has 2 saturated heterocycles. The van der Waals surface area contributed by atoms with E-state index in [1.165, 1.54) is 24.5 Å². The number of nitrogens with zero attached hydrogens (tertiary/aromatic N) is 3. The maximum absolute atomic E-state index is 14.7. The van der Waals surface area contributed by atoms with E-state index in [1.807, 2.05) is 4.90 Å². The largest absolute Gasteiger partial charge is 0.493 e. The highest BCUT2D eigenvalue weighted by atomic mass is 35.5. The van der Waals surface area contributed by atoms with E-state index in [1.54, 1.807) is 19.2 Å². The Balaban J connectivity index is 1.46. The third-order valence-electron chi connectivity index (χ3n) is 6.72. The Morgan fingerprint density at radius 1 is 1.26 bits per heavy atom. The monoisotopic (exact) mass is 516 g/mol. The van der Waals surface area contributed by atoms with Gasteiger partial charge in [-0.2, -0.15) is 0 Å². The van der Waals surface area contributed by atoms with Gasteiger partial charge in [-0.3, -0.25) is 4.79 Å². The van der Waals surface area contributed by atoms with E-state index in [4.69, 9.17) is 32.7 Å². The van der Waals surface area contributed by atoms with Crippen molar-refractivity contribution in [1.82, 2.24) is 14.9 Å². The summed E-state index contributed by atoms with van der Waals surface area (Å²) < 4.78 is 26.7. The van der Waals surface area contributed by atoms with Crippen LogP contribution in [0.5, 0.6) is 11.5 Å². The van der Waals surface area contributed by atoms with E-state index < -0.39 is 5.82 Å². The van der Waals surface area contributed by atoms with Crippen LogP contribution in [-0.4, -0.2) is 46.6 Å². The van der Waals surface area contributed by atoms with Gasteiger partial charge in [0.05, 0.1) is 28.4 Å². The first-order valence-corrected chi connectivity index (χ1v) is 12.0. The number of benzene rings is 2. The predicted molar refractivity (Wildman–Crippen MR) is 133 cm³/mol. The number of methoxy groups -OCH3 is 1.